The number of rotatable bonds is 4. The molecule has 94 valence electrons. The number of carbonyl (C=O) groups is 1. The highest BCUT2D eigenvalue weighted by molar-refractivity contribution is 5.85. The van der Waals surface area contributed by atoms with E-state index in [1.54, 1.807) is 6.33 Å². The lowest BCUT2D eigenvalue weighted by Gasteiger charge is -2.15. The average molecular weight is 257 g/mol. The Hall–Kier alpha value is -1.07. The predicted molar refractivity (Wildman–Crippen MR) is 65.8 cm³/mol. The molecule has 0 aromatic carbocycles. The van der Waals surface area contributed by atoms with E-state index in [-0.39, 0.29) is 12.4 Å². The number of nitrogens with zero attached hydrogens (tertiary/aromatic N) is 2. The van der Waals surface area contributed by atoms with Gasteiger partial charge in [-0.15, -0.1) is 12.4 Å². The van der Waals surface area contributed by atoms with Crippen molar-refractivity contribution in [2.45, 2.75) is 37.9 Å². The molecule has 0 bridgehead atoms. The molecule has 1 saturated heterocycles. The average Bonchev–Trinajstić information content (AvgIpc) is 2.85. The van der Waals surface area contributed by atoms with Gasteiger partial charge in [-0.2, -0.15) is 0 Å². The molecule has 0 spiro atoms. The van der Waals surface area contributed by atoms with E-state index in [0.29, 0.717) is 24.4 Å². The molecule has 1 atom stereocenters. The van der Waals surface area contributed by atoms with Gasteiger partial charge in [0.15, 0.2) is 0 Å². The largest absolute Gasteiger partial charge is 0.347 e. The van der Waals surface area contributed by atoms with Crippen molar-refractivity contribution in [1.82, 2.24) is 20.2 Å². The minimum absolute atomic E-state index is 0. The molecule has 1 saturated carbocycles. The number of aromatic amines is 1. The minimum atomic E-state index is 0. The van der Waals surface area contributed by atoms with Gasteiger partial charge in [0, 0.05) is 43.5 Å². The fraction of sp³-hybridized carbons (Fsp3) is 0.636. The number of halogens is 1. The Labute approximate surface area is 106 Å². The maximum Gasteiger partial charge on any atom is 0.224 e. The summed E-state index contributed by atoms with van der Waals surface area (Å²) in [6.07, 6.45) is 6.51. The number of hydrogen-bond acceptors (Lipinski definition) is 3. The highest BCUT2D eigenvalue weighted by atomic mass is 35.5. The fourth-order valence-electron chi connectivity index (χ4n) is 2.24. The molecule has 1 aliphatic heterocycles. The van der Waals surface area contributed by atoms with Gasteiger partial charge in [0.25, 0.3) is 0 Å². The van der Waals surface area contributed by atoms with Gasteiger partial charge in [-0.05, 0) is 12.8 Å². The highest BCUT2D eigenvalue weighted by Crippen LogP contribution is 2.30. The molecule has 1 aliphatic carbocycles. The van der Waals surface area contributed by atoms with Crippen molar-refractivity contribution in [1.29, 1.82) is 0 Å². The van der Waals surface area contributed by atoms with Crippen LogP contribution >= 0.6 is 12.4 Å². The maximum absolute atomic E-state index is 11.7. The van der Waals surface area contributed by atoms with Gasteiger partial charge in [-0.1, -0.05) is 0 Å². The highest BCUT2D eigenvalue weighted by Gasteiger charge is 2.38. The number of nitrogens with one attached hydrogen (secondary N) is 2. The van der Waals surface area contributed by atoms with Crippen molar-refractivity contribution in [2.24, 2.45) is 0 Å². The summed E-state index contributed by atoms with van der Waals surface area (Å²) in [4.78, 5) is 20.7. The summed E-state index contributed by atoms with van der Waals surface area (Å²) < 4.78 is 0. The zero-order valence-corrected chi connectivity index (χ0v) is 10.4. The number of amides is 1. The quantitative estimate of drug-likeness (QED) is 0.833. The van der Waals surface area contributed by atoms with Crippen LogP contribution in [0.25, 0.3) is 0 Å². The van der Waals surface area contributed by atoms with Crippen molar-refractivity contribution >= 4 is 18.3 Å². The number of carbonyl (C=O) groups excluding carboxylic acids is 1. The van der Waals surface area contributed by atoms with Crippen LogP contribution in [0, 0.1) is 0 Å². The third-order valence-corrected chi connectivity index (χ3v) is 3.28. The molecule has 2 N–H and O–H groups in total. The van der Waals surface area contributed by atoms with E-state index in [1.165, 1.54) is 12.8 Å². The van der Waals surface area contributed by atoms with Crippen LogP contribution < -0.4 is 5.32 Å². The van der Waals surface area contributed by atoms with Crippen LogP contribution in [0.2, 0.25) is 0 Å². The van der Waals surface area contributed by atoms with Gasteiger partial charge in [0.2, 0.25) is 5.91 Å². The van der Waals surface area contributed by atoms with Crippen LogP contribution in [0.3, 0.4) is 0 Å². The van der Waals surface area contributed by atoms with E-state index in [1.807, 2.05) is 11.1 Å². The van der Waals surface area contributed by atoms with Crippen LogP contribution in [0.15, 0.2) is 12.5 Å². The van der Waals surface area contributed by atoms with E-state index in [4.69, 9.17) is 0 Å². The van der Waals surface area contributed by atoms with E-state index < -0.39 is 0 Å². The van der Waals surface area contributed by atoms with Gasteiger partial charge >= 0.3 is 0 Å². The molecule has 5 nitrogen and oxygen atoms in total. The summed E-state index contributed by atoms with van der Waals surface area (Å²) in [5.41, 5.74) is 1.07. The van der Waals surface area contributed by atoms with Gasteiger partial charge in [0.1, 0.15) is 0 Å². The molecule has 0 radical (unpaired) electrons. The second kappa shape index (κ2) is 5.06. The fourth-order valence-corrected chi connectivity index (χ4v) is 2.24. The summed E-state index contributed by atoms with van der Waals surface area (Å²) in [6.45, 7) is 1.63. The smallest absolute Gasteiger partial charge is 0.224 e. The van der Waals surface area contributed by atoms with Crippen LogP contribution in [-0.4, -0.2) is 39.4 Å². The van der Waals surface area contributed by atoms with Crippen molar-refractivity contribution in [3.05, 3.63) is 18.2 Å². The first kappa shape index (κ1) is 12.4. The first-order chi connectivity index (χ1) is 7.83. The summed E-state index contributed by atoms with van der Waals surface area (Å²) in [5, 5.41) is 3.39. The molecule has 1 unspecified atom stereocenters. The number of hydrogen-bond donors (Lipinski definition) is 2. The zero-order valence-electron chi connectivity index (χ0n) is 9.56. The summed E-state index contributed by atoms with van der Waals surface area (Å²) >= 11 is 0. The Kier molecular flexibility index (Phi) is 3.69. The molecule has 1 aromatic rings. The van der Waals surface area contributed by atoms with E-state index in [9.17, 15) is 4.79 Å². The topological polar surface area (TPSA) is 61.0 Å². The molecule has 2 heterocycles. The Morgan fingerprint density at radius 3 is 3.00 bits per heavy atom. The lowest BCUT2D eigenvalue weighted by Crippen LogP contribution is -2.33. The minimum Gasteiger partial charge on any atom is -0.347 e. The zero-order chi connectivity index (χ0) is 11.0. The standard InChI is InChI=1S/C11H16N4O.ClH/c16-11-3-8(6-15(11)10-1-2-10)13-5-9-4-12-7-14-9;/h4,7-8,10,13H,1-3,5-6H2,(H,12,14);1H. The van der Waals surface area contributed by atoms with Crippen molar-refractivity contribution in [3.63, 3.8) is 0 Å². The Balaban J connectivity index is 0.00000108. The van der Waals surface area contributed by atoms with E-state index in [2.05, 4.69) is 15.3 Å². The first-order valence-corrected chi connectivity index (χ1v) is 5.83. The van der Waals surface area contributed by atoms with Gasteiger partial charge < -0.3 is 15.2 Å². The molecule has 1 aromatic heterocycles. The molecule has 6 heteroatoms. The lowest BCUT2D eigenvalue weighted by atomic mass is 10.2. The molecule has 1 amide bonds. The molecule has 17 heavy (non-hydrogen) atoms. The maximum atomic E-state index is 11.7. The van der Waals surface area contributed by atoms with Gasteiger partial charge in [-0.25, -0.2) is 4.98 Å². The van der Waals surface area contributed by atoms with Gasteiger partial charge in [-0.3, -0.25) is 4.79 Å². The lowest BCUT2D eigenvalue weighted by molar-refractivity contribution is -0.128. The van der Waals surface area contributed by atoms with Crippen molar-refractivity contribution in [2.75, 3.05) is 6.54 Å². The molecular formula is C11H17ClN4O. The monoisotopic (exact) mass is 256 g/mol. The van der Waals surface area contributed by atoms with Gasteiger partial charge in [0.05, 0.1) is 6.33 Å². The number of likely N-dealkylation sites (tertiary alicyclic amines) is 1. The van der Waals surface area contributed by atoms with Crippen LogP contribution in [-0.2, 0) is 11.3 Å². The normalized spacial score (nSPS) is 23.9. The first-order valence-electron chi connectivity index (χ1n) is 5.83. The number of imidazole rings is 1. The van der Waals surface area contributed by atoms with E-state index >= 15 is 0 Å². The summed E-state index contributed by atoms with van der Waals surface area (Å²) in [5.74, 6) is 0.310. The number of H-pyrrole nitrogens is 1. The van der Waals surface area contributed by atoms with Crippen LogP contribution in [0.4, 0.5) is 0 Å². The molecule has 2 fully saturated rings. The Morgan fingerprint density at radius 1 is 1.53 bits per heavy atom. The molecule has 2 aliphatic rings. The third-order valence-electron chi connectivity index (χ3n) is 3.28. The van der Waals surface area contributed by atoms with Crippen molar-refractivity contribution in [3.8, 4) is 0 Å². The van der Waals surface area contributed by atoms with Crippen molar-refractivity contribution < 1.29 is 4.79 Å². The van der Waals surface area contributed by atoms with Crippen LogP contribution in [0.5, 0.6) is 0 Å². The Bertz CT molecular complexity index is 377. The van der Waals surface area contributed by atoms with E-state index in [0.717, 1.165) is 18.8 Å². The Morgan fingerprint density at radius 2 is 2.35 bits per heavy atom. The third kappa shape index (κ3) is 2.79. The predicted octanol–water partition coefficient (Wildman–Crippen LogP) is 0.684. The molecule has 3 rings (SSSR count). The summed E-state index contributed by atoms with van der Waals surface area (Å²) in [7, 11) is 0. The second-order valence-electron chi connectivity index (χ2n) is 4.64. The number of aromatic nitrogens is 2. The van der Waals surface area contributed by atoms with Crippen LogP contribution in [0.1, 0.15) is 25.0 Å². The SMILES string of the molecule is Cl.O=C1CC(NCc2cnc[nH]2)CN1C1CC1. The molecular weight excluding hydrogens is 240 g/mol. The second-order valence-corrected chi connectivity index (χ2v) is 4.64. The summed E-state index contributed by atoms with van der Waals surface area (Å²) in [6, 6.07) is 0.850.